The van der Waals surface area contributed by atoms with E-state index in [1.54, 1.807) is 25.3 Å². The normalized spacial score (nSPS) is 17.4. The van der Waals surface area contributed by atoms with Crippen LogP contribution in [-0.4, -0.2) is 68.6 Å². The van der Waals surface area contributed by atoms with Crippen molar-refractivity contribution in [3.05, 3.63) is 59.3 Å². The van der Waals surface area contributed by atoms with Crippen LogP contribution in [0, 0.1) is 6.92 Å². The summed E-state index contributed by atoms with van der Waals surface area (Å²) in [6.07, 6.45) is 0. The number of likely N-dealkylation sites (N-methyl/N-ethyl adjacent to an activating group) is 1. The molecular formula is C25H29N3O4. The van der Waals surface area contributed by atoms with Crippen molar-refractivity contribution < 1.29 is 19.1 Å². The first-order chi connectivity index (χ1) is 15.5. The van der Waals surface area contributed by atoms with Crippen molar-refractivity contribution in [3.8, 4) is 11.5 Å². The van der Waals surface area contributed by atoms with Crippen molar-refractivity contribution in [2.24, 2.45) is 0 Å². The minimum Gasteiger partial charge on any atom is -0.493 e. The van der Waals surface area contributed by atoms with Crippen molar-refractivity contribution in [2.75, 3.05) is 51.8 Å². The third-order valence-electron chi connectivity index (χ3n) is 6.16. The van der Waals surface area contributed by atoms with E-state index in [4.69, 9.17) is 9.47 Å². The van der Waals surface area contributed by atoms with E-state index in [-0.39, 0.29) is 11.8 Å². The number of anilines is 1. The van der Waals surface area contributed by atoms with Crippen LogP contribution in [0.1, 0.15) is 18.1 Å². The Kier molecular flexibility index (Phi) is 6.19. The van der Waals surface area contributed by atoms with Gasteiger partial charge in [-0.05, 0) is 31.2 Å². The predicted molar refractivity (Wildman–Crippen MR) is 124 cm³/mol. The number of hydrogen-bond donors (Lipinski definition) is 0. The molecule has 7 nitrogen and oxygen atoms in total. The van der Waals surface area contributed by atoms with Gasteiger partial charge in [0, 0.05) is 32.2 Å². The number of piperazine rings is 1. The number of rotatable bonds is 6. The van der Waals surface area contributed by atoms with Crippen LogP contribution in [0.15, 0.2) is 48.2 Å². The summed E-state index contributed by atoms with van der Waals surface area (Å²) in [6, 6.07) is 12.8. The molecule has 0 spiro atoms. The van der Waals surface area contributed by atoms with Gasteiger partial charge in [-0.1, -0.05) is 36.8 Å². The number of carbonyl (C=O) groups excluding carboxylic acids is 2. The molecular weight excluding hydrogens is 406 g/mol. The largest absolute Gasteiger partial charge is 0.493 e. The lowest BCUT2D eigenvalue weighted by Crippen LogP contribution is -2.47. The summed E-state index contributed by atoms with van der Waals surface area (Å²) in [4.78, 5) is 33.0. The first-order valence-corrected chi connectivity index (χ1v) is 10.9. The van der Waals surface area contributed by atoms with Gasteiger partial charge in [0.1, 0.15) is 5.70 Å². The number of amides is 2. The summed E-state index contributed by atoms with van der Waals surface area (Å²) in [5, 5.41) is 0. The van der Waals surface area contributed by atoms with Gasteiger partial charge in [-0.2, -0.15) is 0 Å². The molecule has 2 aliphatic rings. The van der Waals surface area contributed by atoms with Crippen molar-refractivity contribution in [1.29, 1.82) is 0 Å². The molecule has 2 amide bonds. The number of nitrogens with zero attached hydrogens (tertiary/aromatic N) is 3. The van der Waals surface area contributed by atoms with E-state index in [0.29, 0.717) is 41.5 Å². The van der Waals surface area contributed by atoms with Crippen LogP contribution in [0.2, 0.25) is 0 Å². The SMILES string of the molecule is CCN1CCN(C2=C(c3ccc(C)cc3)C(=O)N(c3ccc(OC)c(OC)c3)C2=O)CC1. The fourth-order valence-electron chi connectivity index (χ4n) is 4.28. The van der Waals surface area contributed by atoms with E-state index in [1.165, 1.54) is 12.0 Å². The quantitative estimate of drug-likeness (QED) is 0.651. The van der Waals surface area contributed by atoms with Crippen LogP contribution in [0.25, 0.3) is 5.57 Å². The molecule has 2 heterocycles. The second-order valence-corrected chi connectivity index (χ2v) is 8.00. The molecule has 0 atom stereocenters. The molecule has 0 aromatic heterocycles. The number of imide groups is 1. The van der Waals surface area contributed by atoms with Crippen molar-refractivity contribution in [1.82, 2.24) is 9.80 Å². The van der Waals surface area contributed by atoms with Crippen LogP contribution >= 0.6 is 0 Å². The molecule has 2 aliphatic heterocycles. The number of aryl methyl sites for hydroxylation is 1. The van der Waals surface area contributed by atoms with Gasteiger partial charge in [-0.15, -0.1) is 0 Å². The fourth-order valence-corrected chi connectivity index (χ4v) is 4.28. The number of benzene rings is 2. The first kappa shape index (κ1) is 21.9. The Hall–Kier alpha value is -3.32. The lowest BCUT2D eigenvalue weighted by atomic mass is 10.0. The average Bonchev–Trinajstić information content (AvgIpc) is 3.09. The lowest BCUT2D eigenvalue weighted by molar-refractivity contribution is -0.120. The van der Waals surface area contributed by atoms with Crippen LogP contribution in [0.5, 0.6) is 11.5 Å². The monoisotopic (exact) mass is 435 g/mol. The summed E-state index contributed by atoms with van der Waals surface area (Å²) in [5.41, 5.74) is 3.24. The maximum atomic E-state index is 13.7. The van der Waals surface area contributed by atoms with E-state index < -0.39 is 0 Å². The minimum atomic E-state index is -0.320. The zero-order chi connectivity index (χ0) is 22.8. The average molecular weight is 436 g/mol. The highest BCUT2D eigenvalue weighted by Crippen LogP contribution is 2.38. The summed E-state index contributed by atoms with van der Waals surface area (Å²) < 4.78 is 10.7. The van der Waals surface area contributed by atoms with Crippen molar-refractivity contribution >= 4 is 23.1 Å². The molecule has 0 N–H and O–H groups in total. The maximum absolute atomic E-state index is 13.7. The second-order valence-electron chi connectivity index (χ2n) is 8.00. The van der Waals surface area contributed by atoms with Crippen LogP contribution < -0.4 is 14.4 Å². The molecule has 4 rings (SSSR count). The molecule has 2 aromatic rings. The number of methoxy groups -OCH3 is 2. The number of carbonyl (C=O) groups is 2. The molecule has 0 bridgehead atoms. The highest BCUT2D eigenvalue weighted by molar-refractivity contribution is 6.45. The number of ether oxygens (including phenoxy) is 2. The van der Waals surface area contributed by atoms with Gasteiger partial charge in [0.15, 0.2) is 11.5 Å². The Morgan fingerprint density at radius 1 is 0.844 bits per heavy atom. The summed E-state index contributed by atoms with van der Waals surface area (Å²) in [7, 11) is 3.08. The van der Waals surface area contributed by atoms with Gasteiger partial charge in [-0.25, -0.2) is 4.90 Å². The summed E-state index contributed by atoms with van der Waals surface area (Å²) >= 11 is 0. The van der Waals surface area contributed by atoms with E-state index in [9.17, 15) is 9.59 Å². The Bertz CT molecular complexity index is 1050. The molecule has 2 aromatic carbocycles. The van der Waals surface area contributed by atoms with Crippen molar-refractivity contribution in [2.45, 2.75) is 13.8 Å². The molecule has 168 valence electrons. The maximum Gasteiger partial charge on any atom is 0.282 e. The Morgan fingerprint density at radius 2 is 1.50 bits per heavy atom. The number of hydrogen-bond acceptors (Lipinski definition) is 6. The molecule has 0 saturated carbocycles. The zero-order valence-electron chi connectivity index (χ0n) is 19.1. The van der Waals surface area contributed by atoms with Crippen LogP contribution in [-0.2, 0) is 9.59 Å². The molecule has 32 heavy (non-hydrogen) atoms. The van der Waals surface area contributed by atoms with Crippen LogP contribution in [0.3, 0.4) is 0 Å². The second kappa shape index (κ2) is 9.04. The molecule has 1 fully saturated rings. The smallest absolute Gasteiger partial charge is 0.282 e. The Morgan fingerprint density at radius 3 is 2.09 bits per heavy atom. The molecule has 1 saturated heterocycles. The Balaban J connectivity index is 1.77. The predicted octanol–water partition coefficient (Wildman–Crippen LogP) is 2.93. The van der Waals surface area contributed by atoms with E-state index in [2.05, 4.69) is 16.7 Å². The van der Waals surface area contributed by atoms with Gasteiger partial charge >= 0.3 is 0 Å². The molecule has 0 radical (unpaired) electrons. The summed E-state index contributed by atoms with van der Waals surface area (Å²) in [6.45, 7) is 8.24. The highest BCUT2D eigenvalue weighted by atomic mass is 16.5. The van der Waals surface area contributed by atoms with Crippen LogP contribution in [0.4, 0.5) is 5.69 Å². The third kappa shape index (κ3) is 3.84. The van der Waals surface area contributed by atoms with Crippen molar-refractivity contribution in [3.63, 3.8) is 0 Å². The van der Waals surface area contributed by atoms with Gasteiger partial charge in [-0.3, -0.25) is 9.59 Å². The molecule has 7 heteroatoms. The first-order valence-electron chi connectivity index (χ1n) is 10.9. The van der Waals surface area contributed by atoms with E-state index in [1.807, 2.05) is 31.2 Å². The third-order valence-corrected chi connectivity index (χ3v) is 6.16. The minimum absolute atomic E-state index is 0.303. The van der Waals surface area contributed by atoms with E-state index in [0.717, 1.165) is 30.8 Å². The highest BCUT2D eigenvalue weighted by Gasteiger charge is 2.43. The van der Waals surface area contributed by atoms with Gasteiger partial charge < -0.3 is 19.3 Å². The summed E-state index contributed by atoms with van der Waals surface area (Å²) in [5.74, 6) is 0.382. The van der Waals surface area contributed by atoms with E-state index >= 15 is 0 Å². The van der Waals surface area contributed by atoms with Gasteiger partial charge in [0.05, 0.1) is 25.5 Å². The zero-order valence-corrected chi connectivity index (χ0v) is 19.1. The molecule has 0 aliphatic carbocycles. The topological polar surface area (TPSA) is 62.3 Å². The Labute approximate surface area is 188 Å². The standard InChI is InChI=1S/C25H29N3O4/c1-5-26-12-14-27(15-13-26)23-22(18-8-6-17(2)7-9-18)24(29)28(25(23)30)19-10-11-20(31-3)21(16-19)32-4/h6-11,16H,5,12-15H2,1-4H3. The fraction of sp³-hybridized carbons (Fsp3) is 0.360. The lowest BCUT2D eigenvalue weighted by Gasteiger charge is -2.36. The van der Waals surface area contributed by atoms with Gasteiger partial charge in [0.25, 0.3) is 11.8 Å². The molecule has 0 unspecified atom stereocenters. The van der Waals surface area contributed by atoms with Gasteiger partial charge in [0.2, 0.25) is 0 Å².